The van der Waals surface area contributed by atoms with E-state index in [2.05, 4.69) is 10.3 Å². The maximum absolute atomic E-state index is 13.7. The number of halogens is 2. The lowest BCUT2D eigenvalue weighted by Crippen LogP contribution is -2.31. The Kier molecular flexibility index (Phi) is 6.59. The number of hydrogen-bond acceptors (Lipinski definition) is 4. The van der Waals surface area contributed by atoms with Gasteiger partial charge in [0.05, 0.1) is 19.6 Å². The fraction of sp³-hybridized carbons (Fsp3) is 0.174. The number of carbonyl (C=O) groups excluding carboxylic acids is 1. The number of hydrogen-bond donors (Lipinski definition) is 2. The van der Waals surface area contributed by atoms with Crippen LogP contribution in [0.25, 0.3) is 11.3 Å². The number of pyridine rings is 1. The zero-order chi connectivity index (χ0) is 22.5. The summed E-state index contributed by atoms with van der Waals surface area (Å²) in [7, 11) is 1.37. The molecule has 8 heteroatoms. The molecule has 0 spiro atoms. The van der Waals surface area contributed by atoms with E-state index >= 15 is 0 Å². The van der Waals surface area contributed by atoms with Crippen LogP contribution in [-0.2, 0) is 4.79 Å². The number of ether oxygens (including phenoxy) is 1. The van der Waals surface area contributed by atoms with Crippen LogP contribution in [0, 0.1) is 18.6 Å². The van der Waals surface area contributed by atoms with Crippen molar-refractivity contribution in [3.63, 3.8) is 0 Å². The first kappa shape index (κ1) is 21.9. The van der Waals surface area contributed by atoms with Gasteiger partial charge in [0.2, 0.25) is 0 Å². The highest BCUT2D eigenvalue weighted by Gasteiger charge is 2.22. The van der Waals surface area contributed by atoms with Crippen molar-refractivity contribution in [1.29, 1.82) is 0 Å². The van der Waals surface area contributed by atoms with Crippen LogP contribution in [0.5, 0.6) is 5.75 Å². The lowest BCUT2D eigenvalue weighted by atomic mass is 9.98. The second kappa shape index (κ2) is 9.34. The SMILES string of the molecule is COc1ccc(C(=O)N[C@@H](CC(=O)O)c2ccccc2C)nc1-c1cc(F)cc(F)c1. The molecule has 0 fully saturated rings. The summed E-state index contributed by atoms with van der Waals surface area (Å²) >= 11 is 0. The van der Waals surface area contributed by atoms with E-state index in [4.69, 9.17) is 4.74 Å². The number of carboxylic acid groups (broad SMARTS) is 1. The van der Waals surface area contributed by atoms with E-state index < -0.39 is 29.6 Å². The predicted octanol–water partition coefficient (Wildman–Crippen LogP) is 4.29. The van der Waals surface area contributed by atoms with Crippen molar-refractivity contribution in [3.05, 3.63) is 83.1 Å². The number of benzene rings is 2. The van der Waals surface area contributed by atoms with Gasteiger partial charge < -0.3 is 15.2 Å². The van der Waals surface area contributed by atoms with Crippen LogP contribution in [0.15, 0.2) is 54.6 Å². The van der Waals surface area contributed by atoms with Gasteiger partial charge in [-0.25, -0.2) is 13.8 Å². The Morgan fingerprint density at radius 2 is 1.77 bits per heavy atom. The molecule has 160 valence electrons. The van der Waals surface area contributed by atoms with Crippen molar-refractivity contribution < 1.29 is 28.2 Å². The minimum Gasteiger partial charge on any atom is -0.494 e. The molecule has 3 aromatic rings. The third-order valence-corrected chi connectivity index (χ3v) is 4.69. The summed E-state index contributed by atoms with van der Waals surface area (Å²) in [5, 5.41) is 12.0. The summed E-state index contributed by atoms with van der Waals surface area (Å²) < 4.78 is 32.6. The molecule has 6 nitrogen and oxygen atoms in total. The van der Waals surface area contributed by atoms with Crippen molar-refractivity contribution in [3.8, 4) is 17.0 Å². The maximum Gasteiger partial charge on any atom is 0.305 e. The van der Waals surface area contributed by atoms with Crippen LogP contribution >= 0.6 is 0 Å². The maximum atomic E-state index is 13.7. The summed E-state index contributed by atoms with van der Waals surface area (Å²) in [6.07, 6.45) is -0.325. The Hall–Kier alpha value is -3.81. The van der Waals surface area contributed by atoms with Crippen LogP contribution in [0.3, 0.4) is 0 Å². The third-order valence-electron chi connectivity index (χ3n) is 4.69. The molecule has 2 N–H and O–H groups in total. The van der Waals surface area contributed by atoms with Gasteiger partial charge in [-0.15, -0.1) is 0 Å². The molecule has 31 heavy (non-hydrogen) atoms. The highest BCUT2D eigenvalue weighted by molar-refractivity contribution is 5.93. The highest BCUT2D eigenvalue weighted by atomic mass is 19.1. The van der Waals surface area contributed by atoms with E-state index in [9.17, 15) is 23.5 Å². The van der Waals surface area contributed by atoms with Gasteiger partial charge in [-0.3, -0.25) is 9.59 Å². The van der Waals surface area contributed by atoms with Crippen molar-refractivity contribution in [2.75, 3.05) is 7.11 Å². The molecule has 1 amide bonds. The molecule has 1 heterocycles. The van der Waals surface area contributed by atoms with Crippen LogP contribution in [0.2, 0.25) is 0 Å². The fourth-order valence-electron chi connectivity index (χ4n) is 3.26. The number of carbonyl (C=O) groups is 2. The van der Waals surface area contributed by atoms with Crippen molar-refractivity contribution in [1.82, 2.24) is 10.3 Å². The van der Waals surface area contributed by atoms with Gasteiger partial charge in [0.25, 0.3) is 5.91 Å². The number of amides is 1. The van der Waals surface area contributed by atoms with E-state index in [1.165, 1.54) is 19.2 Å². The summed E-state index contributed by atoms with van der Waals surface area (Å²) in [6, 6.07) is 12.1. The van der Waals surface area contributed by atoms with Crippen molar-refractivity contribution in [2.24, 2.45) is 0 Å². The van der Waals surface area contributed by atoms with E-state index in [1.807, 2.05) is 19.1 Å². The van der Waals surface area contributed by atoms with Crippen LogP contribution in [-0.4, -0.2) is 29.1 Å². The third kappa shape index (κ3) is 5.22. The van der Waals surface area contributed by atoms with Crippen molar-refractivity contribution >= 4 is 11.9 Å². The van der Waals surface area contributed by atoms with Gasteiger partial charge in [0.1, 0.15) is 28.8 Å². The van der Waals surface area contributed by atoms with E-state index in [1.54, 1.807) is 12.1 Å². The van der Waals surface area contributed by atoms with Gasteiger partial charge in [-0.2, -0.15) is 0 Å². The highest BCUT2D eigenvalue weighted by Crippen LogP contribution is 2.30. The summed E-state index contributed by atoms with van der Waals surface area (Å²) in [5.74, 6) is -3.07. The average molecular weight is 426 g/mol. The number of aryl methyl sites for hydroxylation is 1. The Morgan fingerprint density at radius 1 is 1.10 bits per heavy atom. The second-order valence-corrected chi connectivity index (χ2v) is 6.89. The number of nitrogens with zero attached hydrogens (tertiary/aromatic N) is 1. The summed E-state index contributed by atoms with van der Waals surface area (Å²) in [4.78, 5) is 28.5. The monoisotopic (exact) mass is 426 g/mol. The Bertz CT molecular complexity index is 1110. The Balaban J connectivity index is 1.97. The van der Waals surface area contributed by atoms with Gasteiger partial charge >= 0.3 is 5.97 Å². The first-order chi connectivity index (χ1) is 14.8. The van der Waals surface area contributed by atoms with Gasteiger partial charge in [0, 0.05) is 11.6 Å². The Morgan fingerprint density at radius 3 is 2.39 bits per heavy atom. The number of carboxylic acids is 1. The molecule has 0 bridgehead atoms. The molecule has 2 aromatic carbocycles. The standard InChI is InChI=1S/C23H20F2N2O4/c1-13-5-3-4-6-17(13)19(12-21(28)29)27-23(30)18-7-8-20(31-2)22(26-18)14-9-15(24)11-16(25)10-14/h3-11,19H,12H2,1-2H3,(H,27,30)(H,28,29)/t19-/m0/s1. The van der Waals surface area contributed by atoms with E-state index in [0.29, 0.717) is 5.56 Å². The molecular formula is C23H20F2N2O4. The van der Waals surface area contributed by atoms with Gasteiger partial charge in [0.15, 0.2) is 0 Å². The minimum absolute atomic E-state index is 0.0514. The van der Waals surface area contributed by atoms with Gasteiger partial charge in [-0.05, 0) is 42.3 Å². The molecule has 0 radical (unpaired) electrons. The van der Waals surface area contributed by atoms with Crippen LogP contribution in [0.4, 0.5) is 8.78 Å². The van der Waals surface area contributed by atoms with Crippen molar-refractivity contribution in [2.45, 2.75) is 19.4 Å². The molecule has 3 rings (SSSR count). The van der Waals surface area contributed by atoms with E-state index in [0.717, 1.165) is 23.8 Å². The predicted molar refractivity (Wildman–Crippen MR) is 110 cm³/mol. The average Bonchev–Trinajstić information content (AvgIpc) is 2.72. The number of methoxy groups -OCH3 is 1. The quantitative estimate of drug-likeness (QED) is 0.588. The van der Waals surface area contributed by atoms with E-state index in [-0.39, 0.29) is 29.1 Å². The lowest BCUT2D eigenvalue weighted by molar-refractivity contribution is -0.137. The number of aliphatic carboxylic acids is 1. The zero-order valence-corrected chi connectivity index (χ0v) is 16.9. The summed E-state index contributed by atoms with van der Waals surface area (Å²) in [6.45, 7) is 1.82. The number of nitrogens with one attached hydrogen (secondary N) is 1. The molecule has 0 aliphatic carbocycles. The molecular weight excluding hydrogens is 406 g/mol. The smallest absolute Gasteiger partial charge is 0.305 e. The molecule has 0 aliphatic heterocycles. The second-order valence-electron chi connectivity index (χ2n) is 6.89. The van der Waals surface area contributed by atoms with Crippen LogP contribution in [0.1, 0.15) is 34.1 Å². The molecule has 1 atom stereocenters. The van der Waals surface area contributed by atoms with Crippen LogP contribution < -0.4 is 10.1 Å². The topological polar surface area (TPSA) is 88.5 Å². The number of aromatic nitrogens is 1. The number of rotatable bonds is 7. The first-order valence-corrected chi connectivity index (χ1v) is 9.38. The molecule has 0 unspecified atom stereocenters. The zero-order valence-electron chi connectivity index (χ0n) is 16.9. The fourth-order valence-corrected chi connectivity index (χ4v) is 3.26. The molecule has 0 aliphatic rings. The molecule has 1 aromatic heterocycles. The molecule has 0 saturated carbocycles. The largest absolute Gasteiger partial charge is 0.494 e. The Labute approximate surface area is 177 Å². The summed E-state index contributed by atoms with van der Waals surface area (Å²) in [5.41, 5.74) is 1.63. The minimum atomic E-state index is -1.08. The lowest BCUT2D eigenvalue weighted by Gasteiger charge is -2.19. The molecule has 0 saturated heterocycles. The van der Waals surface area contributed by atoms with Gasteiger partial charge in [-0.1, -0.05) is 24.3 Å². The normalized spacial score (nSPS) is 11.6. The first-order valence-electron chi connectivity index (χ1n) is 9.38.